The summed E-state index contributed by atoms with van der Waals surface area (Å²) in [6.45, 7) is 0. The summed E-state index contributed by atoms with van der Waals surface area (Å²) in [5.41, 5.74) is 6.54. The van der Waals surface area contributed by atoms with Crippen LogP contribution in [0.2, 0.25) is 0 Å². The molecule has 2 N–H and O–H groups in total. The Hall–Kier alpha value is -2.07. The van der Waals surface area contributed by atoms with Crippen LogP contribution >= 0.6 is 11.3 Å². The van der Waals surface area contributed by atoms with Crippen molar-refractivity contribution in [3.63, 3.8) is 0 Å². The highest BCUT2D eigenvalue weighted by atomic mass is 32.1. The fourth-order valence-corrected chi connectivity index (χ4v) is 2.46. The molecule has 0 bridgehead atoms. The molecule has 2 heterocycles. The summed E-state index contributed by atoms with van der Waals surface area (Å²) in [6.07, 6.45) is 0. The molecule has 2 nitrogen and oxygen atoms in total. The van der Waals surface area contributed by atoms with E-state index in [0.717, 1.165) is 27.0 Å². The Morgan fingerprint density at radius 3 is 2.28 bits per heavy atom. The first-order chi connectivity index (χ1) is 8.72. The van der Waals surface area contributed by atoms with E-state index in [9.17, 15) is 4.39 Å². The van der Waals surface area contributed by atoms with Crippen molar-refractivity contribution in [3.8, 4) is 22.0 Å². The molecule has 90 valence electrons. The van der Waals surface area contributed by atoms with Crippen LogP contribution in [0.1, 0.15) is 0 Å². The van der Waals surface area contributed by atoms with Gasteiger partial charge < -0.3 is 10.2 Å². The maximum absolute atomic E-state index is 12.8. The zero-order chi connectivity index (χ0) is 12.5. The van der Waals surface area contributed by atoms with Crippen LogP contribution in [-0.2, 0) is 0 Å². The number of halogens is 1. The molecule has 0 saturated heterocycles. The molecule has 0 aliphatic carbocycles. The van der Waals surface area contributed by atoms with Crippen LogP contribution in [0.5, 0.6) is 0 Å². The average Bonchev–Trinajstić information content (AvgIpc) is 2.98. The zero-order valence-electron chi connectivity index (χ0n) is 9.39. The number of furan rings is 1. The normalized spacial score (nSPS) is 10.7. The van der Waals surface area contributed by atoms with Crippen LogP contribution < -0.4 is 5.73 Å². The van der Waals surface area contributed by atoms with Crippen LogP contribution in [0.4, 0.5) is 9.39 Å². The fourth-order valence-electron chi connectivity index (χ4n) is 1.72. The van der Waals surface area contributed by atoms with Gasteiger partial charge in [0, 0.05) is 5.56 Å². The average molecular weight is 259 g/mol. The zero-order valence-corrected chi connectivity index (χ0v) is 10.2. The molecule has 0 aliphatic heterocycles. The van der Waals surface area contributed by atoms with E-state index in [1.807, 2.05) is 24.3 Å². The second-order valence-electron chi connectivity index (χ2n) is 3.87. The second-order valence-corrected chi connectivity index (χ2v) is 4.99. The van der Waals surface area contributed by atoms with Crippen LogP contribution in [0, 0.1) is 5.82 Å². The Kier molecular flexibility index (Phi) is 2.64. The van der Waals surface area contributed by atoms with Gasteiger partial charge in [0.05, 0.1) is 9.88 Å². The van der Waals surface area contributed by atoms with Gasteiger partial charge >= 0.3 is 0 Å². The largest absolute Gasteiger partial charge is 0.455 e. The van der Waals surface area contributed by atoms with Gasteiger partial charge in [-0.1, -0.05) is 0 Å². The Bertz CT molecular complexity index is 669. The maximum atomic E-state index is 12.8. The van der Waals surface area contributed by atoms with Crippen molar-refractivity contribution in [1.29, 1.82) is 0 Å². The molecule has 0 saturated carbocycles. The molecular weight excluding hydrogens is 249 g/mol. The van der Waals surface area contributed by atoms with E-state index in [1.165, 1.54) is 23.5 Å². The number of nitrogen functional groups attached to an aromatic ring is 1. The number of benzene rings is 1. The number of nitrogens with two attached hydrogens (primary N) is 1. The SMILES string of the molecule is Nc1ccc(-c2ccc(-c3ccc(F)cc3)o2)s1. The van der Waals surface area contributed by atoms with Crippen LogP contribution in [-0.4, -0.2) is 0 Å². The third kappa shape index (κ3) is 2.02. The van der Waals surface area contributed by atoms with Crippen molar-refractivity contribution < 1.29 is 8.81 Å². The van der Waals surface area contributed by atoms with E-state index >= 15 is 0 Å². The molecule has 3 rings (SSSR count). The lowest BCUT2D eigenvalue weighted by molar-refractivity contribution is 0.598. The van der Waals surface area contributed by atoms with Crippen LogP contribution in [0.25, 0.3) is 22.0 Å². The van der Waals surface area contributed by atoms with E-state index in [2.05, 4.69) is 0 Å². The standard InChI is InChI=1S/C14H10FNOS/c15-10-3-1-9(2-4-10)11-5-6-12(17-11)13-7-8-14(16)18-13/h1-8H,16H2. The summed E-state index contributed by atoms with van der Waals surface area (Å²) in [5.74, 6) is 1.24. The molecule has 0 aliphatic rings. The van der Waals surface area contributed by atoms with Gasteiger partial charge in [-0.05, 0) is 48.5 Å². The molecule has 0 atom stereocenters. The molecule has 3 aromatic rings. The lowest BCUT2D eigenvalue weighted by Gasteiger charge is -1.96. The smallest absolute Gasteiger partial charge is 0.144 e. The summed E-state index contributed by atoms with van der Waals surface area (Å²) >= 11 is 1.48. The Morgan fingerprint density at radius 2 is 1.61 bits per heavy atom. The summed E-state index contributed by atoms with van der Waals surface area (Å²) in [7, 11) is 0. The van der Waals surface area contributed by atoms with Crippen molar-refractivity contribution in [2.75, 3.05) is 5.73 Å². The highest BCUT2D eigenvalue weighted by Gasteiger charge is 2.08. The minimum Gasteiger partial charge on any atom is -0.455 e. The molecule has 0 spiro atoms. The highest BCUT2D eigenvalue weighted by molar-refractivity contribution is 7.19. The number of thiophene rings is 1. The maximum Gasteiger partial charge on any atom is 0.144 e. The summed E-state index contributed by atoms with van der Waals surface area (Å²) < 4.78 is 18.6. The van der Waals surface area contributed by atoms with Crippen molar-refractivity contribution in [1.82, 2.24) is 0 Å². The number of hydrogen-bond donors (Lipinski definition) is 1. The van der Waals surface area contributed by atoms with E-state index in [-0.39, 0.29) is 5.82 Å². The van der Waals surface area contributed by atoms with Gasteiger partial charge in [0.15, 0.2) is 0 Å². The second kappa shape index (κ2) is 4.31. The van der Waals surface area contributed by atoms with Crippen molar-refractivity contribution in [2.24, 2.45) is 0 Å². The molecule has 0 unspecified atom stereocenters. The molecule has 0 radical (unpaired) electrons. The summed E-state index contributed by atoms with van der Waals surface area (Å²) in [6, 6.07) is 13.8. The monoisotopic (exact) mass is 259 g/mol. The van der Waals surface area contributed by atoms with Gasteiger partial charge in [-0.25, -0.2) is 4.39 Å². The highest BCUT2D eigenvalue weighted by Crippen LogP contribution is 2.33. The first-order valence-corrected chi connectivity index (χ1v) is 6.25. The first-order valence-electron chi connectivity index (χ1n) is 5.44. The Balaban J connectivity index is 1.96. The summed E-state index contributed by atoms with van der Waals surface area (Å²) in [4.78, 5) is 0.987. The summed E-state index contributed by atoms with van der Waals surface area (Å²) in [5, 5.41) is 0.754. The van der Waals surface area contributed by atoms with Crippen LogP contribution in [0.3, 0.4) is 0 Å². The minimum absolute atomic E-state index is 0.253. The van der Waals surface area contributed by atoms with Crippen LogP contribution in [0.15, 0.2) is 52.9 Å². The number of hydrogen-bond acceptors (Lipinski definition) is 3. The van der Waals surface area contributed by atoms with Gasteiger partial charge in [-0.15, -0.1) is 11.3 Å². The molecule has 1 aromatic carbocycles. The lowest BCUT2D eigenvalue weighted by atomic mass is 10.2. The van der Waals surface area contributed by atoms with Crippen molar-refractivity contribution in [2.45, 2.75) is 0 Å². The molecular formula is C14H10FNOS. The van der Waals surface area contributed by atoms with Crippen molar-refractivity contribution >= 4 is 16.3 Å². The van der Waals surface area contributed by atoms with Crippen molar-refractivity contribution in [3.05, 3.63) is 54.3 Å². The number of anilines is 1. The third-order valence-corrected chi connectivity index (χ3v) is 3.53. The molecule has 18 heavy (non-hydrogen) atoms. The van der Waals surface area contributed by atoms with E-state index in [4.69, 9.17) is 10.2 Å². The molecule has 0 amide bonds. The Morgan fingerprint density at radius 1 is 0.889 bits per heavy atom. The lowest BCUT2D eigenvalue weighted by Crippen LogP contribution is -1.75. The molecule has 2 aromatic heterocycles. The topological polar surface area (TPSA) is 39.2 Å². The first kappa shape index (κ1) is 11.0. The van der Waals surface area contributed by atoms with Gasteiger partial charge in [0.1, 0.15) is 17.3 Å². The van der Waals surface area contributed by atoms with Gasteiger partial charge in [-0.3, -0.25) is 0 Å². The van der Waals surface area contributed by atoms with E-state index in [1.54, 1.807) is 12.1 Å². The minimum atomic E-state index is -0.253. The van der Waals surface area contributed by atoms with E-state index < -0.39 is 0 Å². The quantitative estimate of drug-likeness (QED) is 0.741. The van der Waals surface area contributed by atoms with Gasteiger partial charge in [0.2, 0.25) is 0 Å². The molecule has 4 heteroatoms. The van der Waals surface area contributed by atoms with Gasteiger partial charge in [0.25, 0.3) is 0 Å². The molecule has 0 fully saturated rings. The van der Waals surface area contributed by atoms with Gasteiger partial charge in [-0.2, -0.15) is 0 Å². The predicted octanol–water partition coefficient (Wildman–Crippen LogP) is 4.40. The fraction of sp³-hybridized carbons (Fsp3) is 0. The Labute approximate surface area is 107 Å². The third-order valence-electron chi connectivity index (χ3n) is 2.60. The predicted molar refractivity (Wildman–Crippen MR) is 71.8 cm³/mol. The van der Waals surface area contributed by atoms with E-state index in [0.29, 0.717) is 0 Å². The number of rotatable bonds is 2.